The van der Waals surface area contributed by atoms with Crippen LogP contribution < -0.4 is 10.6 Å². The second-order valence-corrected chi connectivity index (χ2v) is 8.98. The van der Waals surface area contributed by atoms with Crippen molar-refractivity contribution in [3.8, 4) is 0 Å². The quantitative estimate of drug-likeness (QED) is 0.444. The first kappa shape index (κ1) is 23.9. The van der Waals surface area contributed by atoms with Gasteiger partial charge in [-0.25, -0.2) is 0 Å². The molecule has 1 heterocycles. The van der Waals surface area contributed by atoms with Gasteiger partial charge in [0.1, 0.15) is 0 Å². The molecule has 2 fully saturated rings. The van der Waals surface area contributed by atoms with Crippen LogP contribution in [0.25, 0.3) is 0 Å². The van der Waals surface area contributed by atoms with Gasteiger partial charge in [-0.15, -0.1) is 0 Å². The fourth-order valence-corrected chi connectivity index (χ4v) is 4.88. The Labute approximate surface area is 182 Å². The van der Waals surface area contributed by atoms with Gasteiger partial charge in [-0.2, -0.15) is 13.2 Å². The van der Waals surface area contributed by atoms with E-state index in [4.69, 9.17) is 4.74 Å². The summed E-state index contributed by atoms with van der Waals surface area (Å²) < 4.78 is 45.5. The van der Waals surface area contributed by atoms with Crippen molar-refractivity contribution in [1.29, 1.82) is 0 Å². The van der Waals surface area contributed by atoms with Gasteiger partial charge in [0.05, 0.1) is 12.2 Å². The Morgan fingerprint density at radius 2 is 1.87 bits per heavy atom. The molecule has 1 saturated heterocycles. The van der Waals surface area contributed by atoms with E-state index in [1.165, 1.54) is 12.1 Å². The summed E-state index contributed by atoms with van der Waals surface area (Å²) in [5, 5.41) is 16.1. The summed E-state index contributed by atoms with van der Waals surface area (Å²) in [6, 6.07) is 5.79. The average Bonchev–Trinajstić information content (AvgIpc) is 3.23. The van der Waals surface area contributed by atoms with Crippen molar-refractivity contribution in [1.82, 2.24) is 10.6 Å². The molecule has 1 atom stereocenters. The number of halogens is 3. The van der Waals surface area contributed by atoms with E-state index >= 15 is 0 Å². The molecular formula is C23H34F3N3O2. The van der Waals surface area contributed by atoms with Gasteiger partial charge < -0.3 is 20.5 Å². The van der Waals surface area contributed by atoms with Crippen molar-refractivity contribution in [3.63, 3.8) is 0 Å². The highest BCUT2D eigenvalue weighted by atomic mass is 19.4. The SMILES string of the molecule is CN=C(NCC1(CCO)CCOC1)NCC1(c2cccc(C(F)(F)F)c2)CCCCC1. The van der Waals surface area contributed by atoms with Crippen LogP contribution in [0.3, 0.4) is 0 Å². The van der Waals surface area contributed by atoms with Crippen LogP contribution in [0.4, 0.5) is 13.2 Å². The van der Waals surface area contributed by atoms with E-state index in [1.54, 1.807) is 7.05 Å². The summed E-state index contributed by atoms with van der Waals surface area (Å²) in [6.45, 7) is 2.55. The van der Waals surface area contributed by atoms with Crippen LogP contribution in [0.15, 0.2) is 29.3 Å². The third-order valence-corrected chi connectivity index (χ3v) is 6.89. The van der Waals surface area contributed by atoms with Crippen LogP contribution in [-0.4, -0.2) is 51.0 Å². The van der Waals surface area contributed by atoms with Crippen molar-refractivity contribution in [3.05, 3.63) is 35.4 Å². The van der Waals surface area contributed by atoms with Gasteiger partial charge in [-0.1, -0.05) is 37.5 Å². The standard InChI is InChI=1S/C23H34F3N3O2/c1-27-20(28-15-21(10-12-30)11-13-31-17-21)29-16-22(8-3-2-4-9-22)18-6-5-7-19(14-18)23(24,25)26/h5-7,14,30H,2-4,8-13,15-17H2,1H3,(H2,27,28,29). The number of rotatable bonds is 7. The molecule has 174 valence electrons. The predicted octanol–water partition coefficient (Wildman–Crippen LogP) is 3.86. The molecule has 1 aromatic carbocycles. The van der Waals surface area contributed by atoms with E-state index in [9.17, 15) is 18.3 Å². The lowest BCUT2D eigenvalue weighted by molar-refractivity contribution is -0.137. The molecule has 0 amide bonds. The smallest absolute Gasteiger partial charge is 0.396 e. The van der Waals surface area contributed by atoms with Crippen LogP contribution in [0.2, 0.25) is 0 Å². The number of alkyl halides is 3. The molecule has 0 radical (unpaired) electrons. The lowest BCUT2D eigenvalue weighted by Gasteiger charge is -2.39. The average molecular weight is 442 g/mol. The van der Waals surface area contributed by atoms with Gasteiger partial charge in [0.2, 0.25) is 0 Å². The monoisotopic (exact) mass is 441 g/mol. The van der Waals surface area contributed by atoms with Crippen LogP contribution in [0.5, 0.6) is 0 Å². The molecule has 3 N–H and O–H groups in total. The zero-order valence-electron chi connectivity index (χ0n) is 18.2. The Morgan fingerprint density at radius 3 is 2.48 bits per heavy atom. The Kier molecular flexibility index (Phi) is 7.86. The molecule has 0 aromatic heterocycles. The van der Waals surface area contributed by atoms with Gasteiger partial charge in [-0.05, 0) is 37.3 Å². The Bertz CT molecular complexity index is 740. The molecule has 8 heteroatoms. The number of hydrogen-bond acceptors (Lipinski definition) is 3. The topological polar surface area (TPSA) is 65.9 Å². The normalized spacial score (nSPS) is 24.2. The predicted molar refractivity (Wildman–Crippen MR) is 115 cm³/mol. The molecule has 2 aliphatic rings. The molecule has 0 bridgehead atoms. The van der Waals surface area contributed by atoms with E-state index in [2.05, 4.69) is 15.6 Å². The molecule has 1 aromatic rings. The number of nitrogens with zero attached hydrogens (tertiary/aromatic N) is 1. The molecular weight excluding hydrogens is 407 g/mol. The fraction of sp³-hybridized carbons (Fsp3) is 0.696. The number of aliphatic hydroxyl groups is 1. The van der Waals surface area contributed by atoms with Crippen LogP contribution >= 0.6 is 0 Å². The minimum Gasteiger partial charge on any atom is -0.396 e. The number of ether oxygens (including phenoxy) is 1. The van der Waals surface area contributed by atoms with E-state index < -0.39 is 11.7 Å². The summed E-state index contributed by atoms with van der Waals surface area (Å²) in [5.41, 5.74) is -0.317. The Morgan fingerprint density at radius 1 is 1.13 bits per heavy atom. The van der Waals surface area contributed by atoms with E-state index in [0.717, 1.165) is 50.2 Å². The third-order valence-electron chi connectivity index (χ3n) is 6.89. The number of nitrogens with one attached hydrogen (secondary N) is 2. The zero-order chi connectivity index (χ0) is 22.4. The first-order valence-electron chi connectivity index (χ1n) is 11.1. The zero-order valence-corrected chi connectivity index (χ0v) is 18.2. The van der Waals surface area contributed by atoms with Crippen molar-refractivity contribution in [2.24, 2.45) is 10.4 Å². The minimum atomic E-state index is -4.35. The number of hydrogen-bond donors (Lipinski definition) is 3. The van der Waals surface area contributed by atoms with Crippen LogP contribution in [0.1, 0.15) is 56.1 Å². The second kappa shape index (κ2) is 10.2. The van der Waals surface area contributed by atoms with E-state index in [1.807, 2.05) is 6.07 Å². The van der Waals surface area contributed by atoms with Gasteiger partial charge in [0, 0.05) is 44.2 Å². The molecule has 1 saturated carbocycles. The van der Waals surface area contributed by atoms with Gasteiger partial charge >= 0.3 is 6.18 Å². The van der Waals surface area contributed by atoms with E-state index in [-0.39, 0.29) is 17.4 Å². The highest BCUT2D eigenvalue weighted by molar-refractivity contribution is 5.79. The Balaban J connectivity index is 1.71. The number of aliphatic hydroxyl groups excluding tert-OH is 1. The third kappa shape index (κ3) is 5.92. The van der Waals surface area contributed by atoms with Crippen molar-refractivity contribution < 1.29 is 23.0 Å². The molecule has 31 heavy (non-hydrogen) atoms. The Hall–Kier alpha value is -1.80. The van der Waals surface area contributed by atoms with Crippen molar-refractivity contribution in [2.75, 3.05) is 40.0 Å². The number of guanidine groups is 1. The lowest BCUT2D eigenvalue weighted by Crippen LogP contribution is -2.49. The second-order valence-electron chi connectivity index (χ2n) is 8.98. The first-order chi connectivity index (χ1) is 14.8. The molecule has 1 aliphatic heterocycles. The molecule has 5 nitrogen and oxygen atoms in total. The van der Waals surface area contributed by atoms with Crippen LogP contribution in [0, 0.1) is 5.41 Å². The first-order valence-corrected chi connectivity index (χ1v) is 11.1. The highest BCUT2D eigenvalue weighted by Crippen LogP contribution is 2.41. The number of benzene rings is 1. The van der Waals surface area contributed by atoms with Gasteiger partial charge in [-0.3, -0.25) is 4.99 Å². The summed E-state index contributed by atoms with van der Waals surface area (Å²) in [6.07, 6.45) is 2.00. The lowest BCUT2D eigenvalue weighted by atomic mass is 9.69. The summed E-state index contributed by atoms with van der Waals surface area (Å²) in [7, 11) is 1.69. The maximum Gasteiger partial charge on any atom is 0.416 e. The fourth-order valence-electron chi connectivity index (χ4n) is 4.88. The van der Waals surface area contributed by atoms with Crippen molar-refractivity contribution >= 4 is 5.96 Å². The molecule has 1 aliphatic carbocycles. The number of aliphatic imine (C=N–C) groups is 1. The molecule has 3 rings (SSSR count). The maximum atomic E-state index is 13.3. The summed E-state index contributed by atoms with van der Waals surface area (Å²) in [5.74, 6) is 0.626. The molecule has 1 unspecified atom stereocenters. The van der Waals surface area contributed by atoms with E-state index in [0.29, 0.717) is 38.7 Å². The minimum absolute atomic E-state index is 0.107. The van der Waals surface area contributed by atoms with Crippen LogP contribution in [-0.2, 0) is 16.3 Å². The summed E-state index contributed by atoms with van der Waals surface area (Å²) in [4.78, 5) is 4.32. The van der Waals surface area contributed by atoms with Gasteiger partial charge in [0.25, 0.3) is 0 Å². The highest BCUT2D eigenvalue weighted by Gasteiger charge is 2.38. The van der Waals surface area contributed by atoms with Crippen molar-refractivity contribution in [2.45, 2.75) is 56.5 Å². The summed E-state index contributed by atoms with van der Waals surface area (Å²) >= 11 is 0. The molecule has 0 spiro atoms. The van der Waals surface area contributed by atoms with Gasteiger partial charge in [0.15, 0.2) is 5.96 Å². The largest absolute Gasteiger partial charge is 0.416 e. The maximum absolute atomic E-state index is 13.3.